The van der Waals surface area contributed by atoms with Crippen LogP contribution in [-0.4, -0.2) is 13.1 Å². The van der Waals surface area contributed by atoms with Gasteiger partial charge in [0.2, 0.25) is 0 Å². The Hall–Kier alpha value is -1.87. The van der Waals surface area contributed by atoms with Crippen LogP contribution in [0.25, 0.3) is 0 Å². The van der Waals surface area contributed by atoms with Gasteiger partial charge in [-0.05, 0) is 36.8 Å². The van der Waals surface area contributed by atoms with Crippen molar-refractivity contribution in [2.75, 3.05) is 18.0 Å². The maximum Gasteiger partial charge on any atom is 0.123 e. The summed E-state index contributed by atoms with van der Waals surface area (Å²) in [7, 11) is 0. The summed E-state index contributed by atoms with van der Waals surface area (Å²) in [5.74, 6) is -0.219. The average molecular weight is 258 g/mol. The van der Waals surface area contributed by atoms with E-state index in [4.69, 9.17) is 5.73 Å². The van der Waals surface area contributed by atoms with Gasteiger partial charge in [0.1, 0.15) is 5.82 Å². The standard InChI is InChI=1S/C16H19FN2/c1-2-19(15-10-8-14(17)9-11-15)16(12-18)13-6-4-3-5-7-13/h3-11,16H,2,12,18H2,1H3. The van der Waals surface area contributed by atoms with Crippen molar-refractivity contribution in [2.45, 2.75) is 13.0 Å². The Morgan fingerprint density at radius 3 is 2.21 bits per heavy atom. The average Bonchev–Trinajstić information content (AvgIpc) is 2.47. The molecule has 2 N–H and O–H groups in total. The monoisotopic (exact) mass is 258 g/mol. The number of anilines is 1. The van der Waals surface area contributed by atoms with Crippen molar-refractivity contribution >= 4 is 5.69 Å². The molecule has 0 aliphatic carbocycles. The number of rotatable bonds is 5. The first kappa shape index (κ1) is 13.6. The van der Waals surface area contributed by atoms with Gasteiger partial charge in [-0.1, -0.05) is 30.3 Å². The third kappa shape index (κ3) is 3.12. The summed E-state index contributed by atoms with van der Waals surface area (Å²) in [4.78, 5) is 2.19. The predicted octanol–water partition coefficient (Wildman–Crippen LogP) is 3.35. The zero-order valence-electron chi connectivity index (χ0n) is 11.1. The highest BCUT2D eigenvalue weighted by atomic mass is 19.1. The second-order valence-electron chi connectivity index (χ2n) is 4.42. The second-order valence-corrected chi connectivity index (χ2v) is 4.42. The Morgan fingerprint density at radius 2 is 1.68 bits per heavy atom. The summed E-state index contributed by atoms with van der Waals surface area (Å²) in [6.45, 7) is 3.42. The topological polar surface area (TPSA) is 29.3 Å². The first-order valence-corrected chi connectivity index (χ1v) is 6.53. The molecule has 19 heavy (non-hydrogen) atoms. The van der Waals surface area contributed by atoms with E-state index in [0.29, 0.717) is 6.54 Å². The van der Waals surface area contributed by atoms with Gasteiger partial charge >= 0.3 is 0 Å². The second kappa shape index (κ2) is 6.34. The van der Waals surface area contributed by atoms with Crippen LogP contribution in [0.4, 0.5) is 10.1 Å². The van der Waals surface area contributed by atoms with Gasteiger partial charge < -0.3 is 10.6 Å². The third-order valence-corrected chi connectivity index (χ3v) is 3.28. The van der Waals surface area contributed by atoms with Gasteiger partial charge in [0, 0.05) is 18.8 Å². The first-order valence-electron chi connectivity index (χ1n) is 6.53. The third-order valence-electron chi connectivity index (χ3n) is 3.28. The molecule has 0 amide bonds. The van der Waals surface area contributed by atoms with Gasteiger partial charge in [-0.25, -0.2) is 4.39 Å². The van der Waals surface area contributed by atoms with Crippen LogP contribution in [0, 0.1) is 5.82 Å². The number of nitrogens with two attached hydrogens (primary N) is 1. The lowest BCUT2D eigenvalue weighted by molar-refractivity contribution is 0.622. The largest absolute Gasteiger partial charge is 0.363 e. The normalized spacial score (nSPS) is 12.2. The van der Waals surface area contributed by atoms with Crippen molar-refractivity contribution in [3.63, 3.8) is 0 Å². The summed E-state index contributed by atoms with van der Waals surface area (Å²) in [5.41, 5.74) is 8.10. The minimum absolute atomic E-state index is 0.108. The van der Waals surface area contributed by atoms with Crippen molar-refractivity contribution < 1.29 is 4.39 Å². The highest BCUT2D eigenvalue weighted by Crippen LogP contribution is 2.26. The fourth-order valence-corrected chi connectivity index (χ4v) is 2.33. The molecule has 0 bridgehead atoms. The molecule has 2 aromatic rings. The van der Waals surface area contributed by atoms with Gasteiger partial charge in [-0.15, -0.1) is 0 Å². The summed E-state index contributed by atoms with van der Waals surface area (Å²) >= 11 is 0. The fourth-order valence-electron chi connectivity index (χ4n) is 2.33. The molecule has 100 valence electrons. The Labute approximate surface area is 113 Å². The quantitative estimate of drug-likeness (QED) is 0.891. The van der Waals surface area contributed by atoms with Crippen LogP contribution in [0.15, 0.2) is 54.6 Å². The Balaban J connectivity index is 2.31. The Kier molecular flexibility index (Phi) is 4.53. The zero-order chi connectivity index (χ0) is 13.7. The van der Waals surface area contributed by atoms with Gasteiger partial charge in [0.15, 0.2) is 0 Å². The van der Waals surface area contributed by atoms with Crippen LogP contribution in [0.5, 0.6) is 0 Å². The molecule has 3 heteroatoms. The van der Waals surface area contributed by atoms with Crippen LogP contribution in [-0.2, 0) is 0 Å². The van der Waals surface area contributed by atoms with Gasteiger partial charge in [-0.3, -0.25) is 0 Å². The van der Waals surface area contributed by atoms with Crippen molar-refractivity contribution in [1.82, 2.24) is 0 Å². The van der Waals surface area contributed by atoms with E-state index in [-0.39, 0.29) is 11.9 Å². The van der Waals surface area contributed by atoms with E-state index in [1.807, 2.05) is 18.2 Å². The number of nitrogens with zero attached hydrogens (tertiary/aromatic N) is 1. The predicted molar refractivity (Wildman–Crippen MR) is 77.7 cm³/mol. The Morgan fingerprint density at radius 1 is 1.05 bits per heavy atom. The maximum atomic E-state index is 13.0. The Bertz CT molecular complexity index is 496. The molecule has 0 saturated carbocycles. The highest BCUT2D eigenvalue weighted by Gasteiger charge is 2.17. The van der Waals surface area contributed by atoms with Crippen LogP contribution >= 0.6 is 0 Å². The molecule has 0 spiro atoms. The van der Waals surface area contributed by atoms with E-state index in [2.05, 4.69) is 24.0 Å². The smallest absolute Gasteiger partial charge is 0.123 e. The molecule has 2 nitrogen and oxygen atoms in total. The molecular weight excluding hydrogens is 239 g/mol. The lowest BCUT2D eigenvalue weighted by Crippen LogP contribution is -2.33. The highest BCUT2D eigenvalue weighted by molar-refractivity contribution is 5.49. The lowest BCUT2D eigenvalue weighted by Gasteiger charge is -2.32. The summed E-state index contributed by atoms with van der Waals surface area (Å²) < 4.78 is 13.0. The maximum absolute atomic E-state index is 13.0. The summed E-state index contributed by atoms with van der Waals surface area (Å²) in [5, 5.41) is 0. The molecule has 0 heterocycles. The van der Waals surface area contributed by atoms with E-state index < -0.39 is 0 Å². The summed E-state index contributed by atoms with van der Waals surface area (Å²) in [6.07, 6.45) is 0. The van der Waals surface area contributed by atoms with Crippen LogP contribution in [0.1, 0.15) is 18.5 Å². The van der Waals surface area contributed by atoms with E-state index in [1.54, 1.807) is 12.1 Å². The molecule has 2 rings (SSSR count). The summed E-state index contributed by atoms with van der Waals surface area (Å²) in [6, 6.07) is 16.8. The van der Waals surface area contributed by atoms with Crippen molar-refractivity contribution in [1.29, 1.82) is 0 Å². The lowest BCUT2D eigenvalue weighted by atomic mass is 10.0. The number of likely N-dealkylation sites (N-methyl/N-ethyl adjacent to an activating group) is 1. The van der Waals surface area contributed by atoms with Crippen LogP contribution in [0.2, 0.25) is 0 Å². The molecule has 1 unspecified atom stereocenters. The minimum atomic E-state index is -0.219. The van der Waals surface area contributed by atoms with E-state index in [1.165, 1.54) is 17.7 Å². The molecule has 2 aromatic carbocycles. The molecule has 0 saturated heterocycles. The molecule has 0 aliphatic heterocycles. The molecule has 0 radical (unpaired) electrons. The van der Waals surface area contributed by atoms with Crippen molar-refractivity contribution in [3.8, 4) is 0 Å². The fraction of sp³-hybridized carbons (Fsp3) is 0.250. The molecule has 0 aromatic heterocycles. The van der Waals surface area contributed by atoms with E-state index >= 15 is 0 Å². The van der Waals surface area contributed by atoms with Gasteiger partial charge in [0.05, 0.1) is 6.04 Å². The molecule has 0 aliphatic rings. The van der Waals surface area contributed by atoms with E-state index in [9.17, 15) is 4.39 Å². The first-order chi connectivity index (χ1) is 9.26. The van der Waals surface area contributed by atoms with Crippen molar-refractivity contribution in [2.24, 2.45) is 5.73 Å². The van der Waals surface area contributed by atoms with E-state index in [0.717, 1.165) is 12.2 Å². The molecule has 1 atom stereocenters. The van der Waals surface area contributed by atoms with Gasteiger partial charge in [-0.2, -0.15) is 0 Å². The number of hydrogen-bond acceptors (Lipinski definition) is 2. The number of benzene rings is 2. The van der Waals surface area contributed by atoms with Crippen LogP contribution in [0.3, 0.4) is 0 Å². The zero-order valence-corrected chi connectivity index (χ0v) is 11.1. The molecular formula is C16H19FN2. The van der Waals surface area contributed by atoms with Crippen molar-refractivity contribution in [3.05, 3.63) is 66.0 Å². The van der Waals surface area contributed by atoms with Gasteiger partial charge in [0.25, 0.3) is 0 Å². The molecule has 0 fully saturated rings. The SMILES string of the molecule is CCN(c1ccc(F)cc1)C(CN)c1ccccc1. The number of hydrogen-bond donors (Lipinski definition) is 1. The minimum Gasteiger partial charge on any atom is -0.363 e. The number of halogens is 1. The van der Waals surface area contributed by atoms with Crippen LogP contribution < -0.4 is 10.6 Å².